The zero-order chi connectivity index (χ0) is 23.1. The Morgan fingerprint density at radius 2 is 2.03 bits per heavy atom. The number of carbonyl (C=O) groups is 1. The predicted octanol–water partition coefficient (Wildman–Crippen LogP) is 3.58. The van der Waals surface area contributed by atoms with Crippen molar-refractivity contribution in [2.75, 3.05) is 30.1 Å². The molecule has 0 spiro atoms. The summed E-state index contributed by atoms with van der Waals surface area (Å²) in [5, 5.41) is 14.0. The Labute approximate surface area is 186 Å². The van der Waals surface area contributed by atoms with Crippen molar-refractivity contribution >= 4 is 34.6 Å². The van der Waals surface area contributed by atoms with Gasteiger partial charge in [-0.3, -0.25) is 14.8 Å². The van der Waals surface area contributed by atoms with Crippen molar-refractivity contribution < 1.29 is 9.53 Å². The van der Waals surface area contributed by atoms with Crippen LogP contribution in [0.2, 0.25) is 0 Å². The minimum Gasteiger partial charge on any atom is -0.501 e. The molecule has 0 bridgehead atoms. The third-order valence-corrected chi connectivity index (χ3v) is 4.49. The van der Waals surface area contributed by atoms with Crippen molar-refractivity contribution in [3.63, 3.8) is 0 Å². The van der Waals surface area contributed by atoms with Gasteiger partial charge in [0.15, 0.2) is 11.3 Å². The van der Waals surface area contributed by atoms with Gasteiger partial charge >= 0.3 is 0 Å². The number of hydrogen-bond acceptors (Lipinski definition) is 7. The number of allylic oxidation sites excluding steroid dienone is 1. The van der Waals surface area contributed by atoms with Crippen molar-refractivity contribution in [3.8, 4) is 0 Å². The Morgan fingerprint density at radius 3 is 2.66 bits per heavy atom. The van der Waals surface area contributed by atoms with Crippen LogP contribution in [0.25, 0.3) is 5.65 Å². The van der Waals surface area contributed by atoms with Gasteiger partial charge in [-0.15, -0.1) is 5.10 Å². The van der Waals surface area contributed by atoms with E-state index in [1.165, 1.54) is 10.7 Å². The molecular formula is C22H28N8O2. The molecule has 0 aliphatic rings. The number of amides is 1. The van der Waals surface area contributed by atoms with Gasteiger partial charge in [-0.1, -0.05) is 6.92 Å². The van der Waals surface area contributed by atoms with Crippen LogP contribution in [0.3, 0.4) is 0 Å². The number of aromatic nitrogens is 4. The molecule has 3 rings (SSSR count). The lowest BCUT2D eigenvalue weighted by atomic mass is 10.3. The second kappa shape index (κ2) is 10.4. The van der Waals surface area contributed by atoms with Crippen LogP contribution in [-0.4, -0.2) is 51.5 Å². The van der Waals surface area contributed by atoms with E-state index in [4.69, 9.17) is 4.74 Å². The molecule has 3 aromatic rings. The van der Waals surface area contributed by atoms with E-state index in [1.54, 1.807) is 38.7 Å². The Morgan fingerprint density at radius 1 is 1.28 bits per heavy atom. The average molecular weight is 437 g/mol. The fraction of sp³-hybridized carbons (Fsp3) is 0.318. The number of aliphatic imine (C=N–C) groups is 1. The van der Waals surface area contributed by atoms with Crippen LogP contribution < -0.4 is 16.0 Å². The van der Waals surface area contributed by atoms with E-state index in [0.717, 1.165) is 12.2 Å². The molecule has 0 saturated heterocycles. The molecule has 3 aromatic heterocycles. The first-order valence-electron chi connectivity index (χ1n) is 10.3. The van der Waals surface area contributed by atoms with Crippen LogP contribution in [-0.2, 0) is 4.74 Å². The van der Waals surface area contributed by atoms with Crippen molar-refractivity contribution in [1.82, 2.24) is 19.6 Å². The lowest BCUT2D eigenvalue weighted by Crippen LogP contribution is -2.19. The molecule has 0 fully saturated rings. The Hall–Kier alpha value is -3.95. The summed E-state index contributed by atoms with van der Waals surface area (Å²) in [7, 11) is 3.31. The maximum absolute atomic E-state index is 12.9. The number of nitrogens with one attached hydrogen (secondary N) is 3. The summed E-state index contributed by atoms with van der Waals surface area (Å²) in [6, 6.07) is 5.41. The standard InChI is InChI=1S/C22H28N8O2/c1-6-16(32-5)11-19(23-4)28-17-12-20(26-14(2)3)29-30-18(13-25-21(17)30)22(31)27-15-7-9-24-10-8-15/h7-14H,6H2,1-5H3,(H,23,28)(H,26,29)(H,24,27,31)/b16-11+. The minimum atomic E-state index is -0.333. The van der Waals surface area contributed by atoms with Crippen LogP contribution in [0.15, 0.2) is 53.6 Å². The molecule has 0 aromatic carbocycles. The third kappa shape index (κ3) is 5.39. The number of imidazole rings is 1. The van der Waals surface area contributed by atoms with Gasteiger partial charge in [0, 0.05) is 49.7 Å². The Bertz CT molecular complexity index is 1130. The molecule has 0 aliphatic carbocycles. The highest BCUT2D eigenvalue weighted by Gasteiger charge is 2.18. The summed E-state index contributed by atoms with van der Waals surface area (Å²) < 4.78 is 6.87. The summed E-state index contributed by atoms with van der Waals surface area (Å²) >= 11 is 0. The number of methoxy groups -OCH3 is 1. The first-order chi connectivity index (χ1) is 15.4. The van der Waals surface area contributed by atoms with Crippen LogP contribution >= 0.6 is 0 Å². The summed E-state index contributed by atoms with van der Waals surface area (Å²) in [5.41, 5.74) is 2.06. The van der Waals surface area contributed by atoms with E-state index in [0.29, 0.717) is 34.4 Å². The molecular weight excluding hydrogens is 408 g/mol. The normalized spacial score (nSPS) is 12.2. The Balaban J connectivity index is 2.02. The SMILES string of the molecule is CC/C(=C\C(=NC)Nc1cc(NC(C)C)nn2c(C(=O)Nc3ccncc3)cnc12)OC. The van der Waals surface area contributed by atoms with Crippen LogP contribution in [0, 0.1) is 0 Å². The van der Waals surface area contributed by atoms with E-state index in [9.17, 15) is 4.79 Å². The summed E-state index contributed by atoms with van der Waals surface area (Å²) in [4.78, 5) is 25.6. The molecule has 0 atom stereocenters. The highest BCUT2D eigenvalue weighted by Crippen LogP contribution is 2.22. The second-order valence-corrected chi connectivity index (χ2v) is 7.21. The number of fused-ring (bicyclic) bond motifs is 1. The number of rotatable bonds is 8. The maximum atomic E-state index is 12.9. The summed E-state index contributed by atoms with van der Waals surface area (Å²) in [6.07, 6.45) is 7.27. The van der Waals surface area contributed by atoms with Gasteiger partial charge in [-0.2, -0.15) is 0 Å². The number of anilines is 3. The van der Waals surface area contributed by atoms with Gasteiger partial charge < -0.3 is 20.7 Å². The van der Waals surface area contributed by atoms with E-state index >= 15 is 0 Å². The van der Waals surface area contributed by atoms with Gasteiger partial charge in [0.25, 0.3) is 5.91 Å². The molecule has 0 unspecified atom stereocenters. The zero-order valence-corrected chi connectivity index (χ0v) is 18.9. The van der Waals surface area contributed by atoms with Gasteiger partial charge in [-0.05, 0) is 26.0 Å². The molecule has 0 radical (unpaired) electrons. The second-order valence-electron chi connectivity index (χ2n) is 7.21. The van der Waals surface area contributed by atoms with Gasteiger partial charge in [0.2, 0.25) is 0 Å². The monoisotopic (exact) mass is 436 g/mol. The molecule has 32 heavy (non-hydrogen) atoms. The van der Waals surface area contributed by atoms with Crippen molar-refractivity contribution in [2.45, 2.75) is 33.2 Å². The number of hydrogen-bond donors (Lipinski definition) is 3. The molecule has 3 heterocycles. The minimum absolute atomic E-state index is 0.143. The molecule has 10 nitrogen and oxygen atoms in total. The summed E-state index contributed by atoms with van der Waals surface area (Å²) in [6.45, 7) is 6.02. The molecule has 1 amide bonds. The first-order valence-corrected chi connectivity index (χ1v) is 10.3. The third-order valence-electron chi connectivity index (χ3n) is 4.49. The largest absolute Gasteiger partial charge is 0.501 e. The van der Waals surface area contributed by atoms with Gasteiger partial charge in [-0.25, -0.2) is 9.50 Å². The molecule has 3 N–H and O–H groups in total. The van der Waals surface area contributed by atoms with Crippen molar-refractivity contribution in [2.24, 2.45) is 4.99 Å². The number of carbonyl (C=O) groups excluding carboxylic acids is 1. The van der Waals surface area contributed by atoms with Crippen LogP contribution in [0.4, 0.5) is 17.2 Å². The Kier molecular flexibility index (Phi) is 7.37. The molecule has 10 heteroatoms. The fourth-order valence-corrected chi connectivity index (χ4v) is 2.96. The first kappa shape index (κ1) is 22.7. The van der Waals surface area contributed by atoms with E-state index in [1.807, 2.05) is 32.9 Å². The fourth-order valence-electron chi connectivity index (χ4n) is 2.96. The van der Waals surface area contributed by atoms with E-state index in [2.05, 4.69) is 36.0 Å². The number of nitrogens with zero attached hydrogens (tertiary/aromatic N) is 5. The van der Waals surface area contributed by atoms with Crippen molar-refractivity contribution in [1.29, 1.82) is 0 Å². The lowest BCUT2D eigenvalue weighted by Gasteiger charge is -2.14. The maximum Gasteiger partial charge on any atom is 0.276 e. The lowest BCUT2D eigenvalue weighted by molar-refractivity contribution is 0.102. The van der Waals surface area contributed by atoms with Gasteiger partial charge in [0.05, 0.1) is 24.8 Å². The number of pyridine rings is 1. The van der Waals surface area contributed by atoms with E-state index < -0.39 is 0 Å². The number of amidine groups is 1. The molecule has 0 saturated carbocycles. The topological polar surface area (TPSA) is 118 Å². The molecule has 0 aliphatic heterocycles. The van der Waals surface area contributed by atoms with E-state index in [-0.39, 0.29) is 11.9 Å². The highest BCUT2D eigenvalue weighted by atomic mass is 16.5. The van der Waals surface area contributed by atoms with Crippen LogP contribution in [0.1, 0.15) is 37.7 Å². The smallest absolute Gasteiger partial charge is 0.276 e. The average Bonchev–Trinajstić information content (AvgIpc) is 3.21. The highest BCUT2D eigenvalue weighted by molar-refractivity contribution is 6.07. The number of ether oxygens (including phenoxy) is 1. The van der Waals surface area contributed by atoms with Crippen molar-refractivity contribution in [3.05, 3.63) is 54.3 Å². The van der Waals surface area contributed by atoms with Gasteiger partial charge in [0.1, 0.15) is 11.7 Å². The van der Waals surface area contributed by atoms with Crippen LogP contribution in [0.5, 0.6) is 0 Å². The predicted molar refractivity (Wildman–Crippen MR) is 126 cm³/mol. The summed E-state index contributed by atoms with van der Waals surface area (Å²) in [5.74, 6) is 1.64. The zero-order valence-electron chi connectivity index (χ0n) is 18.9. The quantitative estimate of drug-likeness (QED) is 0.281. The molecule has 168 valence electrons.